The van der Waals surface area contributed by atoms with Crippen LogP contribution in [0.4, 0.5) is 4.79 Å². The first-order valence-corrected chi connectivity index (χ1v) is 8.21. The Morgan fingerprint density at radius 2 is 1.71 bits per heavy atom. The van der Waals surface area contributed by atoms with Gasteiger partial charge in [0.15, 0.2) is 0 Å². The number of amides is 1. The molecule has 2 aliphatic rings. The second-order valence-corrected chi connectivity index (χ2v) is 6.36. The van der Waals surface area contributed by atoms with E-state index < -0.39 is 11.8 Å². The van der Waals surface area contributed by atoms with Gasteiger partial charge in [0.2, 0.25) is 5.78 Å². The minimum Gasteiger partial charge on any atom is -0.463 e. The van der Waals surface area contributed by atoms with Crippen molar-refractivity contribution in [3.05, 3.63) is 35.9 Å². The number of ketones is 1. The average Bonchev–Trinajstić information content (AvgIpc) is 2.89. The molecule has 2 aliphatic heterocycles. The van der Waals surface area contributed by atoms with Crippen molar-refractivity contribution in [2.24, 2.45) is 5.92 Å². The van der Waals surface area contributed by atoms with Crippen LogP contribution in [0.1, 0.15) is 31.2 Å². The number of carbonyl (C=O) groups is 3. The SMILES string of the molecule is COC(=O)C(=O)C1CC2CCC(C1)N2C(=O)OCc1ccccc1. The highest BCUT2D eigenvalue weighted by Gasteiger charge is 2.47. The van der Waals surface area contributed by atoms with E-state index in [1.54, 1.807) is 4.90 Å². The van der Waals surface area contributed by atoms with Gasteiger partial charge in [0.1, 0.15) is 6.61 Å². The van der Waals surface area contributed by atoms with Crippen molar-refractivity contribution in [3.8, 4) is 0 Å². The summed E-state index contributed by atoms with van der Waals surface area (Å²) < 4.78 is 9.95. The van der Waals surface area contributed by atoms with Crippen LogP contribution in [0.2, 0.25) is 0 Å². The molecule has 2 atom stereocenters. The lowest BCUT2D eigenvalue weighted by Gasteiger charge is -2.37. The van der Waals surface area contributed by atoms with Crippen molar-refractivity contribution in [1.29, 1.82) is 0 Å². The second kappa shape index (κ2) is 7.03. The van der Waals surface area contributed by atoms with Crippen LogP contribution in [0.5, 0.6) is 0 Å². The Kier molecular flexibility index (Phi) is 4.83. The van der Waals surface area contributed by atoms with Crippen molar-refractivity contribution in [2.75, 3.05) is 7.11 Å². The molecule has 2 bridgehead atoms. The number of piperidine rings is 1. The maximum Gasteiger partial charge on any atom is 0.410 e. The molecule has 2 saturated heterocycles. The summed E-state index contributed by atoms with van der Waals surface area (Å²) in [5.74, 6) is -1.63. The highest BCUT2D eigenvalue weighted by Crippen LogP contribution is 2.39. The molecule has 0 saturated carbocycles. The molecule has 2 fully saturated rings. The molecule has 0 radical (unpaired) electrons. The van der Waals surface area contributed by atoms with Crippen LogP contribution in [-0.2, 0) is 25.7 Å². The van der Waals surface area contributed by atoms with Gasteiger partial charge in [0, 0.05) is 18.0 Å². The zero-order chi connectivity index (χ0) is 17.1. The standard InChI is InChI=1S/C18H21NO5/c1-23-17(21)16(20)13-9-14-7-8-15(10-13)19(14)18(22)24-11-12-5-3-2-4-6-12/h2-6,13-15H,7-11H2,1H3. The van der Waals surface area contributed by atoms with E-state index in [-0.39, 0.29) is 30.7 Å². The van der Waals surface area contributed by atoms with Gasteiger partial charge in [-0.05, 0) is 31.2 Å². The van der Waals surface area contributed by atoms with Gasteiger partial charge < -0.3 is 14.4 Å². The van der Waals surface area contributed by atoms with E-state index in [0.29, 0.717) is 12.8 Å². The summed E-state index contributed by atoms with van der Waals surface area (Å²) in [6, 6.07) is 9.45. The number of methoxy groups -OCH3 is 1. The first kappa shape index (κ1) is 16.5. The molecule has 1 aromatic rings. The Morgan fingerprint density at radius 1 is 1.08 bits per heavy atom. The van der Waals surface area contributed by atoms with Gasteiger partial charge >= 0.3 is 12.1 Å². The number of ether oxygens (including phenoxy) is 2. The zero-order valence-electron chi connectivity index (χ0n) is 13.6. The molecule has 1 aromatic carbocycles. The maximum atomic E-state index is 12.4. The lowest BCUT2D eigenvalue weighted by atomic mass is 9.87. The van der Waals surface area contributed by atoms with E-state index in [1.165, 1.54) is 7.11 Å². The molecule has 1 amide bonds. The minimum atomic E-state index is -0.792. The fraction of sp³-hybridized carbons (Fsp3) is 0.500. The fourth-order valence-electron chi connectivity index (χ4n) is 3.75. The van der Waals surface area contributed by atoms with E-state index >= 15 is 0 Å². The Labute approximate surface area is 140 Å². The second-order valence-electron chi connectivity index (χ2n) is 6.36. The van der Waals surface area contributed by atoms with E-state index in [9.17, 15) is 14.4 Å². The van der Waals surface area contributed by atoms with Crippen LogP contribution < -0.4 is 0 Å². The summed E-state index contributed by atoms with van der Waals surface area (Å²) in [5, 5.41) is 0. The third-order valence-electron chi connectivity index (χ3n) is 4.91. The number of esters is 1. The molecule has 3 rings (SSSR count). The molecule has 6 heteroatoms. The van der Waals surface area contributed by atoms with Gasteiger partial charge in [-0.2, -0.15) is 0 Å². The first-order valence-electron chi connectivity index (χ1n) is 8.21. The number of carbonyl (C=O) groups excluding carboxylic acids is 3. The highest BCUT2D eigenvalue weighted by atomic mass is 16.6. The Balaban J connectivity index is 1.59. The molecule has 0 spiro atoms. The molecule has 6 nitrogen and oxygen atoms in total. The van der Waals surface area contributed by atoms with Gasteiger partial charge in [-0.3, -0.25) is 4.79 Å². The number of nitrogens with zero attached hydrogens (tertiary/aromatic N) is 1. The Hall–Kier alpha value is -2.37. The molecule has 24 heavy (non-hydrogen) atoms. The smallest absolute Gasteiger partial charge is 0.410 e. The van der Waals surface area contributed by atoms with Crippen LogP contribution in [-0.4, -0.2) is 41.9 Å². The van der Waals surface area contributed by atoms with Crippen molar-refractivity contribution in [3.63, 3.8) is 0 Å². The normalized spacial score (nSPS) is 25.2. The van der Waals surface area contributed by atoms with Crippen molar-refractivity contribution in [1.82, 2.24) is 4.90 Å². The maximum absolute atomic E-state index is 12.4. The van der Waals surface area contributed by atoms with Crippen LogP contribution in [0.15, 0.2) is 30.3 Å². The van der Waals surface area contributed by atoms with Crippen LogP contribution in [0.25, 0.3) is 0 Å². The number of rotatable bonds is 4. The largest absolute Gasteiger partial charge is 0.463 e. The van der Waals surface area contributed by atoms with Gasteiger partial charge in [-0.1, -0.05) is 30.3 Å². The molecule has 0 aliphatic carbocycles. The first-order chi connectivity index (χ1) is 11.6. The molecule has 0 aromatic heterocycles. The molecule has 0 N–H and O–H groups in total. The summed E-state index contributed by atoms with van der Waals surface area (Å²) in [5.41, 5.74) is 0.939. The van der Waals surface area contributed by atoms with Crippen molar-refractivity contribution < 1.29 is 23.9 Å². The summed E-state index contributed by atoms with van der Waals surface area (Å²) in [6.45, 7) is 0.236. The van der Waals surface area contributed by atoms with Gasteiger partial charge in [0.05, 0.1) is 7.11 Å². The van der Waals surface area contributed by atoms with E-state index in [0.717, 1.165) is 18.4 Å². The molecular weight excluding hydrogens is 310 g/mol. The lowest BCUT2D eigenvalue weighted by molar-refractivity contribution is -0.154. The Morgan fingerprint density at radius 3 is 2.29 bits per heavy atom. The lowest BCUT2D eigenvalue weighted by Crippen LogP contribution is -2.48. The van der Waals surface area contributed by atoms with Gasteiger partial charge in [0.25, 0.3) is 0 Å². The number of fused-ring (bicyclic) bond motifs is 2. The van der Waals surface area contributed by atoms with Crippen LogP contribution in [0.3, 0.4) is 0 Å². The minimum absolute atomic E-state index is 0.0365. The monoisotopic (exact) mass is 331 g/mol. The van der Waals surface area contributed by atoms with Crippen LogP contribution >= 0.6 is 0 Å². The number of hydrogen-bond donors (Lipinski definition) is 0. The summed E-state index contributed by atoms with van der Waals surface area (Å²) in [7, 11) is 1.21. The molecule has 2 unspecified atom stereocenters. The highest BCUT2D eigenvalue weighted by molar-refractivity contribution is 6.34. The van der Waals surface area contributed by atoms with Crippen molar-refractivity contribution in [2.45, 2.75) is 44.4 Å². The third kappa shape index (κ3) is 3.27. The fourth-order valence-corrected chi connectivity index (χ4v) is 3.75. The summed E-state index contributed by atoms with van der Waals surface area (Å²) in [6.07, 6.45) is 2.36. The number of Topliss-reactive ketones (excluding diaryl/α,β-unsaturated/α-hetero) is 1. The average molecular weight is 331 g/mol. The third-order valence-corrected chi connectivity index (χ3v) is 4.91. The molecule has 128 valence electrons. The summed E-state index contributed by atoms with van der Waals surface area (Å²) in [4.78, 5) is 37.6. The predicted molar refractivity (Wildman–Crippen MR) is 85.0 cm³/mol. The van der Waals surface area contributed by atoms with E-state index in [1.807, 2.05) is 30.3 Å². The molecular formula is C18H21NO5. The zero-order valence-corrected chi connectivity index (χ0v) is 13.6. The van der Waals surface area contributed by atoms with E-state index in [4.69, 9.17) is 4.74 Å². The Bertz CT molecular complexity index is 616. The number of hydrogen-bond acceptors (Lipinski definition) is 5. The van der Waals surface area contributed by atoms with Crippen molar-refractivity contribution >= 4 is 17.8 Å². The van der Waals surface area contributed by atoms with E-state index in [2.05, 4.69) is 4.74 Å². The van der Waals surface area contributed by atoms with Crippen LogP contribution in [0, 0.1) is 5.92 Å². The molecule has 2 heterocycles. The topological polar surface area (TPSA) is 72.9 Å². The predicted octanol–water partition coefficient (Wildman–Crippen LogP) is 2.31. The quantitative estimate of drug-likeness (QED) is 0.625. The van der Waals surface area contributed by atoms with Gasteiger partial charge in [-0.15, -0.1) is 0 Å². The summed E-state index contributed by atoms with van der Waals surface area (Å²) >= 11 is 0. The number of benzene rings is 1. The van der Waals surface area contributed by atoms with Gasteiger partial charge in [-0.25, -0.2) is 9.59 Å².